The Balaban J connectivity index is 2.12. The highest BCUT2D eigenvalue weighted by atomic mass is 15.2. The topological polar surface area (TPSA) is 55.0 Å². The highest BCUT2D eigenvalue weighted by molar-refractivity contribution is 5.06. The quantitative estimate of drug-likeness (QED) is 0.760. The second-order valence-corrected chi connectivity index (χ2v) is 3.63. The van der Waals surface area contributed by atoms with E-state index in [0.29, 0.717) is 6.54 Å². The molecule has 0 bridgehead atoms. The highest BCUT2D eigenvalue weighted by Gasteiger charge is 2.22. The Bertz CT molecular complexity index is 269. The second kappa shape index (κ2) is 4.48. The lowest BCUT2D eigenvalue weighted by Crippen LogP contribution is -2.31. The van der Waals surface area contributed by atoms with Gasteiger partial charge in [0.2, 0.25) is 0 Å². The first-order valence-electron chi connectivity index (χ1n) is 5.12. The van der Waals surface area contributed by atoms with Gasteiger partial charge in [0.25, 0.3) is 0 Å². The SMILES string of the molecule is NCC(c1ccncn1)N1CCCC1. The van der Waals surface area contributed by atoms with Crippen LogP contribution in [0.5, 0.6) is 0 Å². The third-order valence-corrected chi connectivity index (χ3v) is 2.75. The van der Waals surface area contributed by atoms with Crippen LogP contribution in [0.1, 0.15) is 24.6 Å². The van der Waals surface area contributed by atoms with Crippen molar-refractivity contribution >= 4 is 0 Å². The summed E-state index contributed by atoms with van der Waals surface area (Å²) in [6.45, 7) is 2.93. The molecule has 2 heterocycles. The van der Waals surface area contributed by atoms with Crippen molar-refractivity contribution in [2.24, 2.45) is 5.73 Å². The summed E-state index contributed by atoms with van der Waals surface area (Å²) in [5, 5.41) is 0. The van der Waals surface area contributed by atoms with E-state index in [1.54, 1.807) is 12.5 Å². The molecule has 0 aromatic carbocycles. The van der Waals surface area contributed by atoms with Gasteiger partial charge in [-0.15, -0.1) is 0 Å². The molecule has 0 amide bonds. The van der Waals surface area contributed by atoms with Crippen LogP contribution in [-0.4, -0.2) is 34.5 Å². The number of hydrogen-bond acceptors (Lipinski definition) is 4. The summed E-state index contributed by atoms with van der Waals surface area (Å²) in [6, 6.07) is 2.23. The minimum atomic E-state index is 0.278. The summed E-state index contributed by atoms with van der Waals surface area (Å²) in [5.41, 5.74) is 6.83. The number of nitrogens with zero attached hydrogens (tertiary/aromatic N) is 3. The van der Waals surface area contributed by atoms with Crippen molar-refractivity contribution in [3.05, 3.63) is 24.3 Å². The molecule has 0 radical (unpaired) electrons. The Morgan fingerprint density at radius 2 is 2.21 bits per heavy atom. The fraction of sp³-hybridized carbons (Fsp3) is 0.600. The van der Waals surface area contributed by atoms with Crippen LogP contribution in [0, 0.1) is 0 Å². The monoisotopic (exact) mass is 192 g/mol. The molecule has 1 fully saturated rings. The van der Waals surface area contributed by atoms with Crippen molar-refractivity contribution in [2.75, 3.05) is 19.6 Å². The van der Waals surface area contributed by atoms with Crippen molar-refractivity contribution in [2.45, 2.75) is 18.9 Å². The third-order valence-electron chi connectivity index (χ3n) is 2.75. The van der Waals surface area contributed by atoms with E-state index in [1.165, 1.54) is 12.8 Å². The Hall–Kier alpha value is -1.00. The summed E-state index contributed by atoms with van der Waals surface area (Å²) in [7, 11) is 0. The fourth-order valence-electron chi connectivity index (χ4n) is 2.01. The van der Waals surface area contributed by atoms with Gasteiger partial charge in [-0.1, -0.05) is 0 Å². The molecule has 1 atom stereocenters. The molecule has 0 spiro atoms. The average molecular weight is 192 g/mol. The number of aromatic nitrogens is 2. The van der Waals surface area contributed by atoms with Crippen LogP contribution in [-0.2, 0) is 0 Å². The van der Waals surface area contributed by atoms with E-state index in [9.17, 15) is 0 Å². The second-order valence-electron chi connectivity index (χ2n) is 3.63. The van der Waals surface area contributed by atoms with Gasteiger partial charge in [0, 0.05) is 12.7 Å². The molecule has 2 rings (SSSR count). The zero-order chi connectivity index (χ0) is 9.80. The van der Waals surface area contributed by atoms with Crippen LogP contribution in [0.25, 0.3) is 0 Å². The highest BCUT2D eigenvalue weighted by Crippen LogP contribution is 2.21. The van der Waals surface area contributed by atoms with Crippen molar-refractivity contribution in [1.82, 2.24) is 14.9 Å². The van der Waals surface area contributed by atoms with E-state index >= 15 is 0 Å². The minimum absolute atomic E-state index is 0.278. The molecule has 1 saturated heterocycles. The summed E-state index contributed by atoms with van der Waals surface area (Å²) >= 11 is 0. The molecule has 4 heteroatoms. The lowest BCUT2D eigenvalue weighted by molar-refractivity contribution is 0.246. The zero-order valence-corrected chi connectivity index (χ0v) is 8.26. The van der Waals surface area contributed by atoms with Gasteiger partial charge in [-0.25, -0.2) is 9.97 Å². The Morgan fingerprint density at radius 3 is 2.79 bits per heavy atom. The standard InChI is InChI=1S/C10H16N4/c11-7-10(14-5-1-2-6-14)9-3-4-12-8-13-9/h3-4,8,10H,1-2,5-7,11H2. The van der Waals surface area contributed by atoms with Crippen LogP contribution >= 0.6 is 0 Å². The molecule has 1 aromatic heterocycles. The largest absolute Gasteiger partial charge is 0.329 e. The molecule has 2 N–H and O–H groups in total. The molecule has 76 valence electrons. The molecule has 1 aliphatic rings. The minimum Gasteiger partial charge on any atom is -0.329 e. The van der Waals surface area contributed by atoms with Gasteiger partial charge in [-0.3, -0.25) is 4.90 Å². The molecule has 4 nitrogen and oxygen atoms in total. The molecule has 0 saturated carbocycles. The van der Waals surface area contributed by atoms with Crippen LogP contribution in [0.3, 0.4) is 0 Å². The van der Waals surface area contributed by atoms with E-state index in [-0.39, 0.29) is 6.04 Å². The van der Waals surface area contributed by atoms with Crippen molar-refractivity contribution in [3.8, 4) is 0 Å². The maximum atomic E-state index is 5.78. The zero-order valence-electron chi connectivity index (χ0n) is 8.26. The number of likely N-dealkylation sites (tertiary alicyclic amines) is 1. The Labute approximate surface area is 84.2 Å². The smallest absolute Gasteiger partial charge is 0.115 e. The van der Waals surface area contributed by atoms with E-state index in [2.05, 4.69) is 14.9 Å². The van der Waals surface area contributed by atoms with Gasteiger partial charge in [-0.2, -0.15) is 0 Å². The Morgan fingerprint density at radius 1 is 1.43 bits per heavy atom. The first-order valence-corrected chi connectivity index (χ1v) is 5.12. The predicted octanol–water partition coefficient (Wildman–Crippen LogP) is 0.572. The van der Waals surface area contributed by atoms with Gasteiger partial charge in [-0.05, 0) is 32.0 Å². The van der Waals surface area contributed by atoms with Crippen molar-refractivity contribution in [1.29, 1.82) is 0 Å². The van der Waals surface area contributed by atoms with Gasteiger partial charge < -0.3 is 5.73 Å². The first kappa shape index (κ1) is 9.55. The summed E-state index contributed by atoms with van der Waals surface area (Å²) in [6.07, 6.45) is 5.93. The lowest BCUT2D eigenvalue weighted by atomic mass is 10.2. The van der Waals surface area contributed by atoms with Crippen LogP contribution in [0.4, 0.5) is 0 Å². The molecular weight excluding hydrogens is 176 g/mol. The molecule has 14 heavy (non-hydrogen) atoms. The summed E-state index contributed by atoms with van der Waals surface area (Å²) in [5.74, 6) is 0. The average Bonchev–Trinajstić information content (AvgIpc) is 2.74. The van der Waals surface area contributed by atoms with E-state index < -0.39 is 0 Å². The van der Waals surface area contributed by atoms with Gasteiger partial charge in [0.05, 0.1) is 11.7 Å². The number of hydrogen-bond donors (Lipinski definition) is 1. The van der Waals surface area contributed by atoms with E-state index in [0.717, 1.165) is 18.8 Å². The molecule has 0 aliphatic carbocycles. The maximum absolute atomic E-state index is 5.78. The van der Waals surface area contributed by atoms with Gasteiger partial charge in [0.15, 0.2) is 0 Å². The molecule has 1 aliphatic heterocycles. The van der Waals surface area contributed by atoms with E-state index in [1.807, 2.05) is 6.07 Å². The summed E-state index contributed by atoms with van der Waals surface area (Å²) in [4.78, 5) is 10.6. The molecule has 1 aromatic rings. The maximum Gasteiger partial charge on any atom is 0.115 e. The van der Waals surface area contributed by atoms with Crippen LogP contribution < -0.4 is 5.73 Å². The number of rotatable bonds is 3. The third kappa shape index (κ3) is 1.91. The van der Waals surface area contributed by atoms with Crippen LogP contribution in [0.2, 0.25) is 0 Å². The van der Waals surface area contributed by atoms with Crippen molar-refractivity contribution in [3.63, 3.8) is 0 Å². The fourth-order valence-corrected chi connectivity index (χ4v) is 2.01. The first-order chi connectivity index (χ1) is 6.92. The summed E-state index contributed by atoms with van der Waals surface area (Å²) < 4.78 is 0. The lowest BCUT2D eigenvalue weighted by Gasteiger charge is -2.25. The van der Waals surface area contributed by atoms with E-state index in [4.69, 9.17) is 5.73 Å². The predicted molar refractivity (Wildman–Crippen MR) is 54.6 cm³/mol. The number of nitrogens with two attached hydrogens (primary N) is 1. The van der Waals surface area contributed by atoms with Gasteiger partial charge in [0.1, 0.15) is 6.33 Å². The Kier molecular flexibility index (Phi) is 3.06. The van der Waals surface area contributed by atoms with Crippen molar-refractivity contribution < 1.29 is 0 Å². The van der Waals surface area contributed by atoms with Crippen LogP contribution in [0.15, 0.2) is 18.6 Å². The van der Waals surface area contributed by atoms with Gasteiger partial charge >= 0.3 is 0 Å². The normalized spacial score (nSPS) is 19.8. The molecule has 1 unspecified atom stereocenters. The molecular formula is C10H16N4.